The molecule has 3 rings (SSSR count). The molecule has 2 atom stereocenters. The second-order valence-corrected chi connectivity index (χ2v) is 7.91. The monoisotopic (exact) mass is 487 g/mol. The maximum Gasteiger partial charge on any atom is 0.191 e. The number of rotatable bonds is 5. The Morgan fingerprint density at radius 3 is 3.00 bits per heavy atom. The number of thioether (sulfide) groups is 1. The number of aromatic nitrogens is 2. The van der Waals surface area contributed by atoms with Gasteiger partial charge < -0.3 is 15.0 Å². The average molecular weight is 487 g/mol. The van der Waals surface area contributed by atoms with Gasteiger partial charge in [-0.15, -0.1) is 24.0 Å². The maximum atomic E-state index is 4.73. The topological polar surface area (TPSA) is 53.7 Å². The summed E-state index contributed by atoms with van der Waals surface area (Å²) in [6, 6.07) is 4.70. The van der Waals surface area contributed by atoms with Gasteiger partial charge in [0, 0.05) is 43.7 Å². The van der Waals surface area contributed by atoms with E-state index >= 15 is 0 Å². The summed E-state index contributed by atoms with van der Waals surface area (Å²) in [5.41, 5.74) is 3.36. The van der Waals surface area contributed by atoms with Crippen molar-refractivity contribution >= 4 is 47.3 Å². The summed E-state index contributed by atoms with van der Waals surface area (Å²) in [5.74, 6) is 0.909. The molecule has 1 saturated carbocycles. The molecule has 0 radical (unpaired) electrons. The lowest BCUT2D eigenvalue weighted by atomic mass is 9.95. The van der Waals surface area contributed by atoms with E-state index in [0.717, 1.165) is 35.5 Å². The summed E-state index contributed by atoms with van der Waals surface area (Å²) in [6.07, 6.45) is 12.4. The zero-order valence-electron chi connectivity index (χ0n) is 15.9. The van der Waals surface area contributed by atoms with E-state index in [1.165, 1.54) is 31.2 Å². The summed E-state index contributed by atoms with van der Waals surface area (Å²) in [6.45, 7) is 2.93. The van der Waals surface area contributed by atoms with Crippen LogP contribution in [0, 0.1) is 6.92 Å². The summed E-state index contributed by atoms with van der Waals surface area (Å²) in [4.78, 5) is 9.11. The van der Waals surface area contributed by atoms with Gasteiger partial charge in [-0.05, 0) is 44.1 Å². The van der Waals surface area contributed by atoms with Crippen LogP contribution in [0.4, 0.5) is 0 Å². The van der Waals surface area contributed by atoms with Crippen LogP contribution in [0.1, 0.15) is 36.9 Å². The van der Waals surface area contributed by atoms with E-state index in [1.807, 2.05) is 18.8 Å². The lowest BCUT2D eigenvalue weighted by Crippen LogP contribution is -2.46. The first-order chi connectivity index (χ1) is 12.2. The minimum absolute atomic E-state index is 0. The molecule has 0 bridgehead atoms. The Morgan fingerprint density at radius 2 is 2.27 bits per heavy atom. The maximum absolute atomic E-state index is 4.73. The number of aliphatic imine (C=N–C) groups is 1. The molecule has 1 aliphatic rings. The fraction of sp³-hybridized carbons (Fsp3) is 0.579. The van der Waals surface area contributed by atoms with Crippen molar-refractivity contribution in [2.45, 2.75) is 50.3 Å². The van der Waals surface area contributed by atoms with Crippen molar-refractivity contribution in [3.8, 4) is 0 Å². The third-order valence-electron chi connectivity index (χ3n) is 4.93. The molecule has 0 spiro atoms. The van der Waals surface area contributed by atoms with Gasteiger partial charge in [0.05, 0.1) is 5.69 Å². The SMILES string of the molecule is CN=C(NCCc1cn2cccc(C)c2n1)NC1CCCC(SC)C1.I. The largest absolute Gasteiger partial charge is 0.356 e. The van der Waals surface area contributed by atoms with Gasteiger partial charge in [-0.25, -0.2) is 4.98 Å². The van der Waals surface area contributed by atoms with Crippen molar-refractivity contribution in [3.05, 3.63) is 35.8 Å². The third-order valence-corrected chi connectivity index (χ3v) is 6.02. The minimum atomic E-state index is 0. The number of nitrogens with one attached hydrogen (secondary N) is 2. The number of hydrogen-bond acceptors (Lipinski definition) is 3. The third kappa shape index (κ3) is 5.52. The fourth-order valence-corrected chi connectivity index (χ4v) is 4.34. The lowest BCUT2D eigenvalue weighted by Gasteiger charge is -2.29. The van der Waals surface area contributed by atoms with Gasteiger partial charge in [0.15, 0.2) is 5.96 Å². The van der Waals surface area contributed by atoms with E-state index in [2.05, 4.69) is 57.7 Å². The predicted octanol–water partition coefficient (Wildman–Crippen LogP) is 3.64. The van der Waals surface area contributed by atoms with E-state index in [0.29, 0.717) is 6.04 Å². The Bertz CT molecular complexity index is 730. The van der Waals surface area contributed by atoms with E-state index < -0.39 is 0 Å². The quantitative estimate of drug-likeness (QED) is 0.384. The van der Waals surface area contributed by atoms with Crippen molar-refractivity contribution in [1.82, 2.24) is 20.0 Å². The van der Waals surface area contributed by atoms with Gasteiger partial charge >= 0.3 is 0 Å². The number of guanidine groups is 1. The van der Waals surface area contributed by atoms with Crippen molar-refractivity contribution in [2.24, 2.45) is 4.99 Å². The zero-order valence-corrected chi connectivity index (χ0v) is 19.0. The Labute approximate surface area is 177 Å². The standard InChI is InChI=1S/C19H29N5S.HI/c1-14-6-5-11-24-13-16(22-18(14)24)9-10-21-19(20-2)23-15-7-4-8-17(12-15)25-3;/h5-6,11,13,15,17H,4,7-10,12H2,1-3H3,(H2,20,21,23);1H. The number of aryl methyl sites for hydroxylation is 1. The molecular formula is C19H30IN5S. The normalized spacial score (nSPS) is 20.7. The average Bonchev–Trinajstić information content (AvgIpc) is 3.05. The number of fused-ring (bicyclic) bond motifs is 1. The summed E-state index contributed by atoms with van der Waals surface area (Å²) >= 11 is 1.99. The number of halogens is 1. The van der Waals surface area contributed by atoms with Crippen LogP contribution in [0.2, 0.25) is 0 Å². The van der Waals surface area contributed by atoms with E-state index in [1.54, 1.807) is 0 Å². The predicted molar refractivity (Wildman–Crippen MR) is 123 cm³/mol. The van der Waals surface area contributed by atoms with Crippen LogP contribution in [0.25, 0.3) is 5.65 Å². The van der Waals surface area contributed by atoms with Crippen LogP contribution in [-0.2, 0) is 6.42 Å². The van der Waals surface area contributed by atoms with Crippen LogP contribution >= 0.6 is 35.7 Å². The second kappa shape index (κ2) is 10.4. The molecule has 2 aromatic heterocycles. The zero-order chi connectivity index (χ0) is 17.6. The second-order valence-electron chi connectivity index (χ2n) is 6.77. The Balaban J connectivity index is 0.00000243. The molecule has 2 heterocycles. The van der Waals surface area contributed by atoms with E-state index in [9.17, 15) is 0 Å². The number of hydrogen-bond donors (Lipinski definition) is 2. The highest BCUT2D eigenvalue weighted by molar-refractivity contribution is 14.0. The highest BCUT2D eigenvalue weighted by Gasteiger charge is 2.21. The molecule has 144 valence electrons. The van der Waals surface area contributed by atoms with Gasteiger partial charge in [-0.2, -0.15) is 11.8 Å². The first-order valence-corrected chi connectivity index (χ1v) is 10.4. The van der Waals surface area contributed by atoms with Crippen LogP contribution < -0.4 is 10.6 Å². The molecule has 7 heteroatoms. The molecule has 0 amide bonds. The smallest absolute Gasteiger partial charge is 0.191 e. The fourth-order valence-electron chi connectivity index (χ4n) is 3.51. The first kappa shape index (κ1) is 21.3. The Kier molecular flexibility index (Phi) is 8.53. The molecule has 1 fully saturated rings. The van der Waals surface area contributed by atoms with Gasteiger partial charge in [0.2, 0.25) is 0 Å². The summed E-state index contributed by atoms with van der Waals surface area (Å²) in [7, 11) is 1.85. The molecular weight excluding hydrogens is 457 g/mol. The molecule has 2 N–H and O–H groups in total. The lowest BCUT2D eigenvalue weighted by molar-refractivity contribution is 0.419. The van der Waals surface area contributed by atoms with E-state index in [4.69, 9.17) is 4.98 Å². The molecule has 1 aliphatic carbocycles. The van der Waals surface area contributed by atoms with Crippen molar-refractivity contribution in [3.63, 3.8) is 0 Å². The Hall–Kier alpha value is -0.960. The van der Waals surface area contributed by atoms with Crippen LogP contribution in [0.15, 0.2) is 29.5 Å². The highest BCUT2D eigenvalue weighted by Crippen LogP contribution is 2.26. The minimum Gasteiger partial charge on any atom is -0.356 e. The van der Waals surface area contributed by atoms with Crippen molar-refractivity contribution in [1.29, 1.82) is 0 Å². The van der Waals surface area contributed by atoms with Crippen molar-refractivity contribution < 1.29 is 0 Å². The van der Waals surface area contributed by atoms with Gasteiger partial charge in [-0.1, -0.05) is 12.5 Å². The molecule has 5 nitrogen and oxygen atoms in total. The Morgan fingerprint density at radius 1 is 1.42 bits per heavy atom. The van der Waals surface area contributed by atoms with Gasteiger partial charge in [0.1, 0.15) is 5.65 Å². The van der Waals surface area contributed by atoms with Gasteiger partial charge in [-0.3, -0.25) is 4.99 Å². The first-order valence-electron chi connectivity index (χ1n) is 9.12. The highest BCUT2D eigenvalue weighted by atomic mass is 127. The number of nitrogens with zero attached hydrogens (tertiary/aromatic N) is 3. The van der Waals surface area contributed by atoms with Crippen LogP contribution in [-0.4, -0.2) is 46.5 Å². The molecule has 0 aromatic carbocycles. The van der Waals surface area contributed by atoms with Crippen molar-refractivity contribution in [2.75, 3.05) is 19.8 Å². The molecule has 2 unspecified atom stereocenters. The molecule has 26 heavy (non-hydrogen) atoms. The molecule has 2 aromatic rings. The summed E-state index contributed by atoms with van der Waals surface area (Å²) in [5, 5.41) is 7.81. The van der Waals surface area contributed by atoms with Crippen LogP contribution in [0.3, 0.4) is 0 Å². The number of pyridine rings is 1. The molecule has 0 aliphatic heterocycles. The summed E-state index contributed by atoms with van der Waals surface area (Å²) < 4.78 is 2.10. The van der Waals surface area contributed by atoms with Crippen LogP contribution in [0.5, 0.6) is 0 Å². The van der Waals surface area contributed by atoms with E-state index in [-0.39, 0.29) is 24.0 Å². The number of imidazole rings is 1. The molecule has 0 saturated heterocycles. The van der Waals surface area contributed by atoms with Gasteiger partial charge in [0.25, 0.3) is 0 Å².